The van der Waals surface area contributed by atoms with E-state index >= 15 is 0 Å². The lowest BCUT2D eigenvalue weighted by molar-refractivity contribution is 0.155. The van der Waals surface area contributed by atoms with Gasteiger partial charge in [0.1, 0.15) is 5.82 Å². The first-order valence-corrected chi connectivity index (χ1v) is 8.03. The number of rotatable bonds is 3. The van der Waals surface area contributed by atoms with Crippen molar-refractivity contribution in [1.29, 1.82) is 0 Å². The van der Waals surface area contributed by atoms with Crippen molar-refractivity contribution in [2.75, 3.05) is 20.1 Å². The smallest absolute Gasteiger partial charge is 0.123 e. The van der Waals surface area contributed by atoms with E-state index in [0.717, 1.165) is 24.7 Å². The normalized spacial score (nSPS) is 30.1. The minimum atomic E-state index is -0.183. The number of hydrogen-bond acceptors (Lipinski definition) is 3. The number of hydrogen-bond donors (Lipinski definition) is 1. The molecule has 0 spiro atoms. The molecule has 116 valence electrons. The monoisotopic (exact) mass is 291 g/mol. The topological polar surface area (TPSA) is 32.5 Å². The molecule has 1 aromatic rings. The molecule has 0 aromatic heterocycles. The quantitative estimate of drug-likeness (QED) is 0.928. The highest BCUT2D eigenvalue weighted by atomic mass is 19.1. The van der Waals surface area contributed by atoms with Gasteiger partial charge >= 0.3 is 0 Å². The minimum Gasteiger partial charge on any atom is -0.326 e. The summed E-state index contributed by atoms with van der Waals surface area (Å²) in [5.74, 6) is -0.183. The second-order valence-electron chi connectivity index (χ2n) is 6.69. The van der Waals surface area contributed by atoms with Gasteiger partial charge in [0.15, 0.2) is 0 Å². The van der Waals surface area contributed by atoms with Gasteiger partial charge in [-0.2, -0.15) is 0 Å². The molecule has 2 fully saturated rings. The largest absolute Gasteiger partial charge is 0.326 e. The Morgan fingerprint density at radius 2 is 1.81 bits per heavy atom. The molecular weight excluding hydrogens is 265 g/mol. The van der Waals surface area contributed by atoms with Crippen molar-refractivity contribution in [3.8, 4) is 0 Å². The number of likely N-dealkylation sites (N-methyl/N-ethyl adjacent to an activating group) is 1. The van der Waals surface area contributed by atoms with E-state index in [4.69, 9.17) is 5.73 Å². The van der Waals surface area contributed by atoms with Crippen LogP contribution >= 0.6 is 0 Å². The second kappa shape index (κ2) is 6.03. The molecule has 2 saturated heterocycles. The molecule has 2 heterocycles. The van der Waals surface area contributed by atoms with E-state index in [0.29, 0.717) is 6.04 Å². The highest BCUT2D eigenvalue weighted by Crippen LogP contribution is 2.33. The summed E-state index contributed by atoms with van der Waals surface area (Å²) in [6, 6.07) is 8.44. The van der Waals surface area contributed by atoms with Gasteiger partial charge in [0, 0.05) is 37.3 Å². The van der Waals surface area contributed by atoms with E-state index in [9.17, 15) is 4.39 Å². The van der Waals surface area contributed by atoms with Gasteiger partial charge in [-0.05, 0) is 50.9 Å². The summed E-state index contributed by atoms with van der Waals surface area (Å²) in [5, 5.41) is 0. The molecule has 0 radical (unpaired) electrons. The van der Waals surface area contributed by atoms with Crippen LogP contribution < -0.4 is 5.73 Å². The third kappa shape index (κ3) is 2.98. The SMILES string of the molecule is CC(N)C(c1ccc(F)cc1)N1CCC2CCC(C1)N2C. The average Bonchev–Trinajstić information content (AvgIpc) is 2.68. The summed E-state index contributed by atoms with van der Waals surface area (Å²) in [6.07, 6.45) is 3.82. The summed E-state index contributed by atoms with van der Waals surface area (Å²) in [6.45, 7) is 4.20. The number of likely N-dealkylation sites (tertiary alicyclic amines) is 1. The zero-order chi connectivity index (χ0) is 15.0. The molecule has 21 heavy (non-hydrogen) atoms. The van der Waals surface area contributed by atoms with Crippen LogP contribution in [0.15, 0.2) is 24.3 Å². The minimum absolute atomic E-state index is 0.0393. The number of halogens is 1. The van der Waals surface area contributed by atoms with E-state index in [1.165, 1.54) is 19.3 Å². The Bertz CT molecular complexity index is 473. The van der Waals surface area contributed by atoms with Crippen LogP contribution in [0.5, 0.6) is 0 Å². The van der Waals surface area contributed by atoms with Crippen molar-refractivity contribution < 1.29 is 4.39 Å². The fourth-order valence-electron chi connectivity index (χ4n) is 4.09. The second-order valence-corrected chi connectivity index (χ2v) is 6.69. The van der Waals surface area contributed by atoms with E-state index in [-0.39, 0.29) is 17.9 Å². The Morgan fingerprint density at radius 3 is 2.48 bits per heavy atom. The van der Waals surface area contributed by atoms with E-state index in [1.54, 1.807) is 12.1 Å². The van der Waals surface area contributed by atoms with Gasteiger partial charge in [0.05, 0.1) is 0 Å². The van der Waals surface area contributed by atoms with Crippen molar-refractivity contribution in [2.24, 2.45) is 5.73 Å². The summed E-state index contributed by atoms with van der Waals surface area (Å²) in [7, 11) is 2.25. The van der Waals surface area contributed by atoms with Gasteiger partial charge < -0.3 is 5.73 Å². The molecule has 0 amide bonds. The fraction of sp³-hybridized carbons (Fsp3) is 0.647. The third-order valence-electron chi connectivity index (χ3n) is 5.28. The zero-order valence-electron chi connectivity index (χ0n) is 13.0. The van der Waals surface area contributed by atoms with Crippen LogP contribution in [0.25, 0.3) is 0 Å². The molecule has 3 rings (SSSR count). The van der Waals surface area contributed by atoms with Crippen LogP contribution in [-0.2, 0) is 0 Å². The number of benzene rings is 1. The van der Waals surface area contributed by atoms with Crippen molar-refractivity contribution in [3.05, 3.63) is 35.6 Å². The molecular formula is C17H26FN3. The van der Waals surface area contributed by atoms with Crippen molar-refractivity contribution >= 4 is 0 Å². The summed E-state index contributed by atoms with van der Waals surface area (Å²) in [5.41, 5.74) is 7.40. The molecule has 0 aliphatic carbocycles. The highest BCUT2D eigenvalue weighted by molar-refractivity contribution is 5.22. The first-order valence-electron chi connectivity index (χ1n) is 8.03. The number of fused-ring (bicyclic) bond motifs is 2. The van der Waals surface area contributed by atoms with Crippen molar-refractivity contribution in [2.45, 2.75) is 50.4 Å². The molecule has 2 aliphatic rings. The van der Waals surface area contributed by atoms with Gasteiger partial charge in [0.25, 0.3) is 0 Å². The first-order chi connectivity index (χ1) is 10.1. The van der Waals surface area contributed by atoms with E-state index < -0.39 is 0 Å². The fourth-order valence-corrected chi connectivity index (χ4v) is 4.09. The number of nitrogens with zero attached hydrogens (tertiary/aromatic N) is 2. The molecule has 3 nitrogen and oxygen atoms in total. The lowest BCUT2D eigenvalue weighted by Crippen LogP contribution is -2.44. The van der Waals surface area contributed by atoms with Gasteiger partial charge in [-0.15, -0.1) is 0 Å². The predicted octanol–water partition coefficient (Wildman–Crippen LogP) is 2.38. The molecule has 0 saturated carbocycles. The van der Waals surface area contributed by atoms with Gasteiger partial charge in [0.2, 0.25) is 0 Å². The zero-order valence-corrected chi connectivity index (χ0v) is 13.0. The molecule has 4 atom stereocenters. The van der Waals surface area contributed by atoms with Gasteiger partial charge in [-0.1, -0.05) is 12.1 Å². The van der Waals surface area contributed by atoms with Crippen LogP contribution in [0.4, 0.5) is 4.39 Å². The van der Waals surface area contributed by atoms with Crippen LogP contribution in [0.1, 0.15) is 37.8 Å². The molecule has 2 bridgehead atoms. The van der Waals surface area contributed by atoms with Crippen LogP contribution in [0, 0.1) is 5.82 Å². The molecule has 2 aliphatic heterocycles. The van der Waals surface area contributed by atoms with Crippen LogP contribution in [-0.4, -0.2) is 48.1 Å². The van der Waals surface area contributed by atoms with E-state index in [2.05, 4.69) is 23.8 Å². The maximum absolute atomic E-state index is 13.2. The van der Waals surface area contributed by atoms with Crippen molar-refractivity contribution in [1.82, 2.24) is 9.80 Å². The molecule has 1 aromatic carbocycles. The Kier molecular flexibility index (Phi) is 4.29. The maximum atomic E-state index is 13.2. The Labute approximate surface area is 126 Å². The summed E-state index contributed by atoms with van der Waals surface area (Å²) >= 11 is 0. The standard InChI is InChI=1S/C17H26FN3/c1-12(19)17(13-3-5-14(18)6-4-13)21-10-9-15-7-8-16(11-21)20(15)2/h3-6,12,15-17H,7-11,19H2,1-2H3. The van der Waals surface area contributed by atoms with Gasteiger partial charge in [-0.3, -0.25) is 9.80 Å². The van der Waals surface area contributed by atoms with E-state index in [1.807, 2.05) is 12.1 Å². The Morgan fingerprint density at radius 1 is 1.14 bits per heavy atom. The summed E-state index contributed by atoms with van der Waals surface area (Å²) in [4.78, 5) is 5.06. The maximum Gasteiger partial charge on any atom is 0.123 e. The lowest BCUT2D eigenvalue weighted by atomic mass is 9.97. The molecule has 2 N–H and O–H groups in total. The van der Waals surface area contributed by atoms with Gasteiger partial charge in [-0.25, -0.2) is 4.39 Å². The summed E-state index contributed by atoms with van der Waals surface area (Å²) < 4.78 is 13.2. The lowest BCUT2D eigenvalue weighted by Gasteiger charge is -2.36. The number of nitrogens with two attached hydrogens (primary N) is 1. The van der Waals surface area contributed by atoms with Crippen LogP contribution in [0.3, 0.4) is 0 Å². The molecule has 4 heteroatoms. The van der Waals surface area contributed by atoms with Crippen LogP contribution in [0.2, 0.25) is 0 Å². The Hall–Kier alpha value is -0.970. The predicted molar refractivity (Wildman–Crippen MR) is 83.6 cm³/mol. The molecule has 4 unspecified atom stereocenters. The highest BCUT2D eigenvalue weighted by Gasteiger charge is 2.37. The average molecular weight is 291 g/mol. The third-order valence-corrected chi connectivity index (χ3v) is 5.28. The first kappa shape index (κ1) is 14.9. The Balaban J connectivity index is 1.82. The van der Waals surface area contributed by atoms with Crippen molar-refractivity contribution in [3.63, 3.8) is 0 Å².